The number of pyridine rings is 1. The molecule has 5 rings (SSSR count). The van der Waals surface area contributed by atoms with Crippen LogP contribution in [-0.4, -0.2) is 21.4 Å². The number of H-pyrrole nitrogens is 1. The molecule has 0 bridgehead atoms. The molecule has 120 valence electrons. The average molecular weight is 326 g/mol. The molecule has 1 aliphatic rings. The molecule has 4 aromatic rings. The lowest BCUT2D eigenvalue weighted by Gasteiger charge is -2.12. The number of imidazole rings is 1. The van der Waals surface area contributed by atoms with E-state index < -0.39 is 0 Å². The molecule has 2 N–H and O–H groups in total. The van der Waals surface area contributed by atoms with Crippen molar-refractivity contribution in [2.45, 2.75) is 6.04 Å². The highest BCUT2D eigenvalue weighted by atomic mass is 16.1. The molecule has 25 heavy (non-hydrogen) atoms. The molecule has 5 heteroatoms. The molecular formula is C20H14N4O. The Balaban J connectivity index is 1.78. The van der Waals surface area contributed by atoms with Crippen LogP contribution in [0.3, 0.4) is 0 Å². The Morgan fingerprint density at radius 1 is 1.00 bits per heavy atom. The first-order valence-electron chi connectivity index (χ1n) is 8.09. The highest BCUT2D eigenvalue weighted by Gasteiger charge is 2.30. The van der Waals surface area contributed by atoms with Crippen LogP contribution in [0.5, 0.6) is 0 Å². The maximum Gasteiger partial charge on any atom is 0.207 e. The van der Waals surface area contributed by atoms with Gasteiger partial charge in [-0.2, -0.15) is 0 Å². The number of benzene rings is 2. The smallest absolute Gasteiger partial charge is 0.207 e. The summed E-state index contributed by atoms with van der Waals surface area (Å²) in [6.07, 6.45) is 4.28. The number of aromatic nitrogens is 3. The normalized spacial score (nSPS) is 15.0. The molecule has 1 aliphatic carbocycles. The van der Waals surface area contributed by atoms with Gasteiger partial charge in [-0.3, -0.25) is 9.78 Å². The molecule has 0 saturated heterocycles. The first kappa shape index (κ1) is 13.9. The van der Waals surface area contributed by atoms with Gasteiger partial charge in [-0.1, -0.05) is 42.5 Å². The fourth-order valence-corrected chi connectivity index (χ4v) is 3.68. The molecule has 0 spiro atoms. The minimum atomic E-state index is -0.130. The van der Waals surface area contributed by atoms with Crippen LogP contribution in [0.15, 0.2) is 60.9 Å². The molecule has 0 saturated carbocycles. The molecule has 0 fully saturated rings. The number of fused-ring (bicyclic) bond motifs is 4. The van der Waals surface area contributed by atoms with E-state index in [1.807, 2.05) is 24.3 Å². The Morgan fingerprint density at radius 2 is 1.84 bits per heavy atom. The monoisotopic (exact) mass is 326 g/mol. The second-order valence-corrected chi connectivity index (χ2v) is 6.05. The zero-order valence-corrected chi connectivity index (χ0v) is 13.2. The maximum absolute atomic E-state index is 11.1. The number of aromatic amines is 1. The van der Waals surface area contributed by atoms with E-state index in [1.165, 1.54) is 0 Å². The number of nitrogens with zero attached hydrogens (tertiary/aromatic N) is 2. The molecule has 2 heterocycles. The van der Waals surface area contributed by atoms with Gasteiger partial charge in [0.2, 0.25) is 6.41 Å². The van der Waals surface area contributed by atoms with Gasteiger partial charge in [0.05, 0.1) is 23.3 Å². The van der Waals surface area contributed by atoms with Crippen molar-refractivity contribution in [3.8, 4) is 22.5 Å². The van der Waals surface area contributed by atoms with Crippen molar-refractivity contribution in [3.05, 3.63) is 72.1 Å². The summed E-state index contributed by atoms with van der Waals surface area (Å²) in [7, 11) is 0. The van der Waals surface area contributed by atoms with Crippen molar-refractivity contribution < 1.29 is 4.79 Å². The number of nitrogens with one attached hydrogen (secondary N) is 2. The third kappa shape index (κ3) is 1.99. The SMILES string of the molecule is O=CN[C@@H]1c2ccccc2-c2c(-c3nc4ccncc4[nH]3)cccc21. The van der Waals surface area contributed by atoms with Crippen LogP contribution in [0.4, 0.5) is 0 Å². The Morgan fingerprint density at radius 3 is 2.72 bits per heavy atom. The van der Waals surface area contributed by atoms with Crippen LogP contribution >= 0.6 is 0 Å². The summed E-state index contributed by atoms with van der Waals surface area (Å²) < 4.78 is 0. The molecule has 2 aromatic heterocycles. The van der Waals surface area contributed by atoms with Gasteiger partial charge >= 0.3 is 0 Å². The van der Waals surface area contributed by atoms with E-state index in [0.29, 0.717) is 0 Å². The lowest BCUT2D eigenvalue weighted by Crippen LogP contribution is -2.18. The largest absolute Gasteiger partial charge is 0.348 e. The van der Waals surface area contributed by atoms with E-state index in [1.54, 1.807) is 12.4 Å². The first-order valence-corrected chi connectivity index (χ1v) is 8.09. The van der Waals surface area contributed by atoms with Crippen molar-refractivity contribution in [3.63, 3.8) is 0 Å². The number of carbonyl (C=O) groups is 1. The lowest BCUT2D eigenvalue weighted by atomic mass is 9.99. The highest BCUT2D eigenvalue weighted by Crippen LogP contribution is 2.47. The average Bonchev–Trinajstić information content (AvgIpc) is 3.22. The molecule has 0 unspecified atom stereocenters. The Kier molecular flexibility index (Phi) is 2.94. The molecule has 5 nitrogen and oxygen atoms in total. The fraction of sp³-hybridized carbons (Fsp3) is 0.0500. The van der Waals surface area contributed by atoms with E-state index in [4.69, 9.17) is 4.98 Å². The zero-order chi connectivity index (χ0) is 16.8. The highest BCUT2D eigenvalue weighted by molar-refractivity contribution is 5.92. The second kappa shape index (κ2) is 5.27. The second-order valence-electron chi connectivity index (χ2n) is 6.05. The summed E-state index contributed by atoms with van der Waals surface area (Å²) >= 11 is 0. The summed E-state index contributed by atoms with van der Waals surface area (Å²) in [6.45, 7) is 0. The van der Waals surface area contributed by atoms with Gasteiger partial charge in [0.25, 0.3) is 0 Å². The third-order valence-electron chi connectivity index (χ3n) is 4.72. The Labute approximate surface area is 143 Å². The lowest BCUT2D eigenvalue weighted by molar-refractivity contribution is -0.109. The summed E-state index contributed by atoms with van der Waals surface area (Å²) in [4.78, 5) is 23.3. The molecule has 0 aliphatic heterocycles. The Bertz CT molecular complexity index is 1080. The molecule has 1 amide bonds. The van der Waals surface area contributed by atoms with Crippen molar-refractivity contribution in [1.29, 1.82) is 0 Å². The minimum Gasteiger partial charge on any atom is -0.348 e. The minimum absolute atomic E-state index is 0.130. The summed E-state index contributed by atoms with van der Waals surface area (Å²) in [5.74, 6) is 0.807. The van der Waals surface area contributed by atoms with Crippen LogP contribution in [0.1, 0.15) is 17.2 Å². The van der Waals surface area contributed by atoms with E-state index in [0.717, 1.165) is 51.1 Å². The van der Waals surface area contributed by atoms with Crippen LogP contribution in [-0.2, 0) is 4.79 Å². The van der Waals surface area contributed by atoms with E-state index in [9.17, 15) is 4.79 Å². The molecule has 2 aromatic carbocycles. The molecular weight excluding hydrogens is 312 g/mol. The predicted molar refractivity (Wildman–Crippen MR) is 95.8 cm³/mol. The zero-order valence-electron chi connectivity index (χ0n) is 13.2. The predicted octanol–water partition coefficient (Wildman–Crippen LogP) is 3.44. The molecule has 0 radical (unpaired) electrons. The van der Waals surface area contributed by atoms with Gasteiger partial charge in [-0.05, 0) is 28.3 Å². The van der Waals surface area contributed by atoms with Gasteiger partial charge in [0, 0.05) is 11.8 Å². The number of amides is 1. The van der Waals surface area contributed by atoms with E-state index in [2.05, 4.69) is 39.6 Å². The van der Waals surface area contributed by atoms with Crippen molar-refractivity contribution >= 4 is 17.4 Å². The van der Waals surface area contributed by atoms with Gasteiger partial charge in [0.15, 0.2) is 0 Å². The maximum atomic E-state index is 11.1. The first-order chi connectivity index (χ1) is 12.4. The number of carbonyl (C=O) groups excluding carboxylic acids is 1. The van der Waals surface area contributed by atoms with Crippen LogP contribution in [0, 0.1) is 0 Å². The number of hydrogen-bond donors (Lipinski definition) is 2. The summed E-state index contributed by atoms with van der Waals surface area (Å²) in [5.41, 5.74) is 7.26. The van der Waals surface area contributed by atoms with Crippen molar-refractivity contribution in [1.82, 2.24) is 20.3 Å². The summed E-state index contributed by atoms with van der Waals surface area (Å²) in [5, 5.41) is 2.94. The number of rotatable bonds is 3. The van der Waals surface area contributed by atoms with Gasteiger partial charge in [-0.25, -0.2) is 4.98 Å². The topological polar surface area (TPSA) is 70.7 Å². The quantitative estimate of drug-likeness (QED) is 0.567. The third-order valence-corrected chi connectivity index (χ3v) is 4.72. The van der Waals surface area contributed by atoms with Crippen molar-refractivity contribution in [2.24, 2.45) is 0 Å². The van der Waals surface area contributed by atoms with Crippen LogP contribution < -0.4 is 5.32 Å². The van der Waals surface area contributed by atoms with Gasteiger partial charge in [-0.15, -0.1) is 0 Å². The van der Waals surface area contributed by atoms with Crippen LogP contribution in [0.2, 0.25) is 0 Å². The van der Waals surface area contributed by atoms with Crippen LogP contribution in [0.25, 0.3) is 33.5 Å². The van der Waals surface area contributed by atoms with Gasteiger partial charge in [0.1, 0.15) is 5.82 Å². The Hall–Kier alpha value is -3.47. The summed E-state index contributed by atoms with van der Waals surface area (Å²) in [6, 6.07) is 16.1. The fourth-order valence-electron chi connectivity index (χ4n) is 3.68. The molecule has 1 atom stereocenters. The number of hydrogen-bond acceptors (Lipinski definition) is 3. The van der Waals surface area contributed by atoms with Crippen molar-refractivity contribution in [2.75, 3.05) is 0 Å². The van der Waals surface area contributed by atoms with Gasteiger partial charge < -0.3 is 10.3 Å². The van der Waals surface area contributed by atoms with E-state index >= 15 is 0 Å². The standard InChI is InChI=1S/C20H14N4O/c25-11-22-19-13-5-2-1-4-12(13)18-14(19)6-3-7-15(18)20-23-16-8-9-21-10-17(16)24-20/h1-11,19H,(H,22,25)(H,23,24)/t19-/m1/s1. The van der Waals surface area contributed by atoms with E-state index in [-0.39, 0.29) is 6.04 Å².